The van der Waals surface area contributed by atoms with Gasteiger partial charge in [0.15, 0.2) is 0 Å². The molecule has 0 amide bonds. The minimum Gasteiger partial charge on any atom is -0.398 e. The van der Waals surface area contributed by atoms with Crippen molar-refractivity contribution in [3.05, 3.63) is 68.0 Å². The minimum atomic E-state index is -5.76. The van der Waals surface area contributed by atoms with Gasteiger partial charge in [0.2, 0.25) is 0 Å². The number of nitrogens with two attached hydrogens (primary N) is 1. The lowest BCUT2D eigenvalue weighted by Gasteiger charge is -2.21. The number of aliphatic hydroxyl groups excluding tert-OH is 1. The third-order valence-electron chi connectivity index (χ3n) is 6.92. The zero-order chi connectivity index (χ0) is 35.8. The molecule has 3 heterocycles. The van der Waals surface area contributed by atoms with Crippen molar-refractivity contribution in [3.63, 3.8) is 0 Å². The number of phosphoric ester groups is 1. The van der Waals surface area contributed by atoms with Crippen LogP contribution in [0.2, 0.25) is 0 Å². The number of rotatable bonds is 15. The Morgan fingerprint density at radius 3 is 2.25 bits per heavy atom. The SMILES string of the molecule is CC(C)[C@H](OCc1cn([C@H]2CC(O)[C@@H](COP(=O)(O)OP(=O)(O)OP(=O)(O)O)O2)c2nccc(N)c12)c1c([N+](=O)[O-])cccc1[N+](=O)[O-]. The summed E-state index contributed by atoms with van der Waals surface area (Å²) in [7, 11) is -16.9. The molecule has 22 nitrogen and oxygen atoms in total. The quantitative estimate of drug-likeness (QED) is 0.0738. The molecule has 25 heteroatoms. The average molecular weight is 741 g/mol. The van der Waals surface area contributed by atoms with Crippen molar-refractivity contribution in [3.8, 4) is 0 Å². The number of nitrogen functional groups attached to an aromatic ring is 1. The van der Waals surface area contributed by atoms with Crippen LogP contribution in [0.1, 0.15) is 43.7 Å². The van der Waals surface area contributed by atoms with E-state index >= 15 is 0 Å². The van der Waals surface area contributed by atoms with Gasteiger partial charge in [0.05, 0.1) is 35.3 Å². The van der Waals surface area contributed by atoms with Crippen LogP contribution in [0.15, 0.2) is 36.7 Å². The summed E-state index contributed by atoms with van der Waals surface area (Å²) < 4.78 is 59.8. The highest BCUT2D eigenvalue weighted by Crippen LogP contribution is 2.66. The van der Waals surface area contributed by atoms with Crippen LogP contribution in [0.4, 0.5) is 17.1 Å². The highest BCUT2D eigenvalue weighted by Gasteiger charge is 2.43. The number of fused-ring (bicyclic) bond motifs is 1. The fraction of sp³-hybridized carbons (Fsp3) is 0.435. The first-order valence-electron chi connectivity index (χ1n) is 13.6. The van der Waals surface area contributed by atoms with Crippen LogP contribution < -0.4 is 5.73 Å². The molecule has 1 saturated heterocycles. The molecule has 1 aromatic carbocycles. The molecule has 0 bridgehead atoms. The predicted molar refractivity (Wildman–Crippen MR) is 161 cm³/mol. The molecule has 0 radical (unpaired) electrons. The third-order valence-corrected chi connectivity index (χ3v) is 10.7. The van der Waals surface area contributed by atoms with Crippen LogP contribution in [0.25, 0.3) is 11.0 Å². The van der Waals surface area contributed by atoms with E-state index < -0.39 is 81.8 Å². The first kappa shape index (κ1) is 37.6. The zero-order valence-electron chi connectivity index (χ0n) is 24.8. The second-order valence-corrected chi connectivity index (χ2v) is 15.1. The van der Waals surface area contributed by atoms with Crippen molar-refractivity contribution in [2.45, 2.75) is 51.4 Å². The van der Waals surface area contributed by atoms with E-state index in [0.717, 1.165) is 12.1 Å². The van der Waals surface area contributed by atoms with Crippen LogP contribution in [0.5, 0.6) is 0 Å². The lowest BCUT2D eigenvalue weighted by Crippen LogP contribution is -2.26. The van der Waals surface area contributed by atoms with Crippen LogP contribution in [-0.4, -0.2) is 62.9 Å². The van der Waals surface area contributed by atoms with Gasteiger partial charge in [0.25, 0.3) is 11.4 Å². The second-order valence-electron chi connectivity index (χ2n) is 10.7. The van der Waals surface area contributed by atoms with Crippen molar-refractivity contribution in [1.29, 1.82) is 0 Å². The van der Waals surface area contributed by atoms with Crippen molar-refractivity contribution in [1.82, 2.24) is 9.55 Å². The van der Waals surface area contributed by atoms with Gasteiger partial charge in [-0.05, 0) is 18.1 Å². The summed E-state index contributed by atoms with van der Waals surface area (Å²) in [6.45, 7) is 2.16. The normalized spacial score (nSPS) is 21.6. The van der Waals surface area contributed by atoms with Crippen molar-refractivity contribution in [2.24, 2.45) is 5.92 Å². The first-order chi connectivity index (χ1) is 22.2. The molecule has 6 atom stereocenters. The highest BCUT2D eigenvalue weighted by atomic mass is 31.3. The van der Waals surface area contributed by atoms with E-state index in [1.165, 1.54) is 29.1 Å². The summed E-state index contributed by atoms with van der Waals surface area (Å²) in [6, 6.07) is 4.96. The fourth-order valence-corrected chi connectivity index (χ4v) is 8.09. The Labute approximate surface area is 269 Å². The molecule has 2 aromatic heterocycles. The average Bonchev–Trinajstić information content (AvgIpc) is 3.50. The van der Waals surface area contributed by atoms with Gasteiger partial charge >= 0.3 is 23.5 Å². The Balaban J connectivity index is 1.57. The molecular formula is C23H30N5O17P3. The van der Waals surface area contributed by atoms with Gasteiger partial charge in [-0.3, -0.25) is 24.8 Å². The van der Waals surface area contributed by atoms with E-state index in [0.29, 0.717) is 10.9 Å². The molecule has 3 unspecified atom stereocenters. The van der Waals surface area contributed by atoms with Gasteiger partial charge in [-0.15, -0.1) is 0 Å². The Morgan fingerprint density at radius 1 is 1.06 bits per heavy atom. The lowest BCUT2D eigenvalue weighted by atomic mass is 9.95. The molecule has 1 aliphatic heterocycles. The van der Waals surface area contributed by atoms with Crippen molar-refractivity contribution >= 4 is 51.6 Å². The second kappa shape index (κ2) is 14.3. The Morgan fingerprint density at radius 2 is 1.69 bits per heavy atom. The molecule has 0 saturated carbocycles. The summed E-state index contributed by atoms with van der Waals surface area (Å²) in [6.07, 6.45) is -2.11. The van der Waals surface area contributed by atoms with Crippen LogP contribution in [-0.2, 0) is 42.9 Å². The van der Waals surface area contributed by atoms with Crippen molar-refractivity contribution in [2.75, 3.05) is 12.3 Å². The summed E-state index contributed by atoms with van der Waals surface area (Å²) in [5.41, 5.74) is 5.87. The molecule has 0 aliphatic carbocycles. The monoisotopic (exact) mass is 741 g/mol. The Hall–Kier alpha value is -3.20. The molecule has 3 aromatic rings. The Kier molecular flexibility index (Phi) is 11.2. The van der Waals surface area contributed by atoms with Gasteiger partial charge in [0.1, 0.15) is 23.5 Å². The topological polar surface area (TPSA) is 329 Å². The van der Waals surface area contributed by atoms with E-state index in [9.17, 15) is 48.8 Å². The number of phosphoric acid groups is 3. The summed E-state index contributed by atoms with van der Waals surface area (Å²) in [5.74, 6) is -0.475. The molecule has 1 fully saturated rings. The zero-order valence-corrected chi connectivity index (χ0v) is 27.5. The van der Waals surface area contributed by atoms with Crippen LogP contribution in [0, 0.1) is 26.1 Å². The molecular weight excluding hydrogens is 711 g/mol. The van der Waals surface area contributed by atoms with Gasteiger partial charge in [-0.1, -0.05) is 13.8 Å². The number of hydrogen-bond donors (Lipinski definition) is 6. The smallest absolute Gasteiger partial charge is 0.398 e. The van der Waals surface area contributed by atoms with Gasteiger partial charge < -0.3 is 44.5 Å². The highest BCUT2D eigenvalue weighted by molar-refractivity contribution is 7.66. The first-order valence-corrected chi connectivity index (χ1v) is 18.1. The van der Waals surface area contributed by atoms with Gasteiger partial charge in [0, 0.05) is 47.6 Å². The number of benzene rings is 1. The van der Waals surface area contributed by atoms with E-state index in [4.69, 9.17) is 25.0 Å². The molecule has 7 N–H and O–H groups in total. The summed E-state index contributed by atoms with van der Waals surface area (Å²) in [4.78, 5) is 62.8. The standard InChI is InChI=1S/C23H30N5O17P3/c1-12(2)22(21-15(27(30)31)4-3-5-16(21)28(32)33)41-10-13-9-26(23-20(13)14(24)6-7-25-23)19-8-17(29)18(43-19)11-42-47(37,38)45-48(39,40)44-46(34,35)36/h3-7,9,12,17-19,22,29H,8,10-11H2,1-2H3,(H2,24,25)(H,37,38)(H,39,40)(H2,34,35,36)/t17?,18-,19-,22+/m1/s1. The number of ether oxygens (including phenoxy) is 2. The Bertz CT molecular complexity index is 1820. The largest absolute Gasteiger partial charge is 0.490 e. The fourth-order valence-electron chi connectivity index (χ4n) is 5.06. The van der Waals surface area contributed by atoms with E-state index in [-0.39, 0.29) is 29.9 Å². The van der Waals surface area contributed by atoms with E-state index in [1.807, 2.05) is 0 Å². The van der Waals surface area contributed by atoms with Crippen LogP contribution >= 0.6 is 23.5 Å². The predicted octanol–water partition coefficient (Wildman–Crippen LogP) is 3.34. The number of anilines is 1. The number of nitrogens with zero attached hydrogens (tertiary/aromatic N) is 4. The molecule has 1 aliphatic rings. The maximum atomic E-state index is 12.1. The minimum absolute atomic E-state index is 0.151. The molecule has 0 spiro atoms. The molecule has 4 rings (SSSR count). The van der Waals surface area contributed by atoms with E-state index in [1.54, 1.807) is 13.8 Å². The van der Waals surface area contributed by atoms with Crippen molar-refractivity contribution < 1.29 is 70.8 Å². The summed E-state index contributed by atoms with van der Waals surface area (Å²) in [5, 5.41) is 34.6. The lowest BCUT2D eigenvalue weighted by molar-refractivity contribution is -0.397. The maximum Gasteiger partial charge on any atom is 0.490 e. The number of hydrogen-bond acceptors (Lipinski definition) is 15. The third kappa shape index (κ3) is 8.87. The van der Waals surface area contributed by atoms with Gasteiger partial charge in [-0.2, -0.15) is 8.62 Å². The number of pyridine rings is 1. The number of aromatic nitrogens is 2. The summed E-state index contributed by atoms with van der Waals surface area (Å²) >= 11 is 0. The van der Waals surface area contributed by atoms with Gasteiger partial charge in [-0.25, -0.2) is 18.7 Å². The van der Waals surface area contributed by atoms with Crippen LogP contribution in [0.3, 0.4) is 0 Å². The van der Waals surface area contributed by atoms with E-state index in [2.05, 4.69) is 18.1 Å². The molecule has 48 heavy (non-hydrogen) atoms. The number of aliphatic hydroxyl groups is 1. The molecule has 264 valence electrons. The number of nitro benzene ring substituents is 2. The maximum absolute atomic E-state index is 12.1. The number of nitro groups is 2.